The van der Waals surface area contributed by atoms with E-state index in [9.17, 15) is 24.1 Å². The first-order valence-corrected chi connectivity index (χ1v) is 9.65. The lowest BCUT2D eigenvalue weighted by Crippen LogP contribution is -2.44. The number of rotatable bonds is 7. The van der Waals surface area contributed by atoms with Crippen LogP contribution in [0.5, 0.6) is 0 Å². The van der Waals surface area contributed by atoms with Crippen molar-refractivity contribution in [3.8, 4) is 0 Å². The topological polar surface area (TPSA) is 95.8 Å². The van der Waals surface area contributed by atoms with Crippen molar-refractivity contribution in [1.82, 2.24) is 15.1 Å². The van der Waals surface area contributed by atoms with E-state index in [1.54, 1.807) is 19.1 Å². The monoisotopic (exact) mass is 412 g/mol. The number of hydrogen-bond acceptors (Lipinski definition) is 5. The number of nitrogens with one attached hydrogen (secondary N) is 1. The Labute approximate surface area is 172 Å². The van der Waals surface area contributed by atoms with Gasteiger partial charge in [-0.2, -0.15) is 0 Å². The number of nitro groups is 1. The number of benzene rings is 2. The number of carbonyl (C=O) groups excluding carboxylic acids is 2. The number of urea groups is 1. The molecule has 9 heteroatoms. The molecule has 1 N–H and O–H groups in total. The minimum absolute atomic E-state index is 0.0878. The van der Waals surface area contributed by atoms with Crippen molar-refractivity contribution < 1.29 is 18.9 Å². The van der Waals surface area contributed by atoms with Crippen LogP contribution in [-0.4, -0.2) is 39.4 Å². The third-order valence-corrected chi connectivity index (χ3v) is 5.62. The fourth-order valence-electron chi connectivity index (χ4n) is 3.68. The summed E-state index contributed by atoms with van der Waals surface area (Å²) < 4.78 is 13.2. The largest absolute Gasteiger partial charge is 0.326 e. The van der Waals surface area contributed by atoms with Crippen molar-refractivity contribution in [2.45, 2.75) is 37.9 Å². The van der Waals surface area contributed by atoms with Gasteiger partial charge in [0, 0.05) is 24.7 Å². The van der Waals surface area contributed by atoms with E-state index in [0.29, 0.717) is 12.1 Å². The maximum Gasteiger partial charge on any atom is 0.326 e. The highest BCUT2D eigenvalue weighted by atomic mass is 19.1. The Morgan fingerprint density at radius 1 is 1.17 bits per heavy atom. The van der Waals surface area contributed by atoms with Crippen LogP contribution in [-0.2, 0) is 16.9 Å². The second kappa shape index (κ2) is 7.49. The van der Waals surface area contributed by atoms with Gasteiger partial charge in [-0.3, -0.25) is 19.8 Å². The van der Waals surface area contributed by atoms with Crippen LogP contribution in [0, 0.1) is 15.9 Å². The van der Waals surface area contributed by atoms with Gasteiger partial charge in [-0.25, -0.2) is 14.1 Å². The van der Waals surface area contributed by atoms with Crippen molar-refractivity contribution in [1.29, 1.82) is 0 Å². The Hall–Kier alpha value is -3.33. The number of carbonyl (C=O) groups is 2. The molecule has 1 aliphatic heterocycles. The highest BCUT2D eigenvalue weighted by Crippen LogP contribution is 2.33. The van der Waals surface area contributed by atoms with E-state index in [2.05, 4.69) is 5.32 Å². The maximum absolute atomic E-state index is 13.2. The smallest absolute Gasteiger partial charge is 0.319 e. The van der Waals surface area contributed by atoms with Crippen LogP contribution >= 0.6 is 0 Å². The predicted molar refractivity (Wildman–Crippen MR) is 106 cm³/mol. The molecule has 0 unspecified atom stereocenters. The van der Waals surface area contributed by atoms with Crippen molar-refractivity contribution in [3.63, 3.8) is 0 Å². The van der Waals surface area contributed by atoms with Gasteiger partial charge in [0.05, 0.1) is 11.6 Å². The lowest BCUT2D eigenvalue weighted by Gasteiger charge is -2.27. The zero-order valence-corrected chi connectivity index (χ0v) is 16.4. The van der Waals surface area contributed by atoms with Crippen molar-refractivity contribution in [2.75, 3.05) is 6.67 Å². The summed E-state index contributed by atoms with van der Waals surface area (Å²) in [6, 6.07) is 11.5. The van der Waals surface area contributed by atoms with Crippen molar-refractivity contribution >= 4 is 17.6 Å². The van der Waals surface area contributed by atoms with Gasteiger partial charge >= 0.3 is 6.03 Å². The standard InChI is InChI=1S/C21H21FN4O4/c1-21(15-4-8-18(9-5-15)26(29)30)19(27)25(20(28)23-21)13-24(17-10-11-17)12-14-2-6-16(22)7-3-14/h2-9,17H,10-13H2,1H3,(H,23,28)/t21-/m1/s1. The molecule has 156 valence electrons. The van der Waals surface area contributed by atoms with E-state index in [1.165, 1.54) is 41.3 Å². The quantitative estimate of drug-likeness (QED) is 0.428. The molecule has 1 heterocycles. The zero-order chi connectivity index (χ0) is 21.5. The summed E-state index contributed by atoms with van der Waals surface area (Å²) in [4.78, 5) is 39.4. The molecule has 2 aliphatic rings. The van der Waals surface area contributed by atoms with Gasteiger partial charge < -0.3 is 5.32 Å². The molecule has 2 aromatic rings. The molecule has 30 heavy (non-hydrogen) atoms. The number of nitrogens with zero attached hydrogens (tertiary/aromatic N) is 3. The Balaban J connectivity index is 1.52. The molecule has 8 nitrogen and oxygen atoms in total. The van der Waals surface area contributed by atoms with E-state index in [4.69, 9.17) is 0 Å². The van der Waals surface area contributed by atoms with Crippen molar-refractivity contribution in [3.05, 3.63) is 75.6 Å². The minimum Gasteiger partial charge on any atom is -0.319 e. The van der Waals surface area contributed by atoms with Gasteiger partial charge in [0.25, 0.3) is 11.6 Å². The third-order valence-electron chi connectivity index (χ3n) is 5.62. The van der Waals surface area contributed by atoms with Crippen LogP contribution in [0.1, 0.15) is 30.9 Å². The predicted octanol–water partition coefficient (Wildman–Crippen LogP) is 3.12. The van der Waals surface area contributed by atoms with Crippen molar-refractivity contribution in [2.24, 2.45) is 0 Å². The lowest BCUT2D eigenvalue weighted by atomic mass is 9.92. The summed E-state index contributed by atoms with van der Waals surface area (Å²) in [7, 11) is 0. The van der Waals surface area contributed by atoms with E-state index < -0.39 is 22.4 Å². The first-order valence-electron chi connectivity index (χ1n) is 9.65. The van der Waals surface area contributed by atoms with Crippen LogP contribution in [0.3, 0.4) is 0 Å². The molecule has 3 amide bonds. The van der Waals surface area contributed by atoms with E-state index in [1.807, 2.05) is 4.90 Å². The van der Waals surface area contributed by atoms with E-state index >= 15 is 0 Å². The molecule has 1 saturated heterocycles. The van der Waals surface area contributed by atoms with Crippen LogP contribution < -0.4 is 5.32 Å². The summed E-state index contributed by atoms with van der Waals surface area (Å²) in [6.07, 6.45) is 1.95. The number of nitro benzene ring substituents is 1. The average molecular weight is 412 g/mol. The number of hydrogen-bond donors (Lipinski definition) is 1. The fourth-order valence-corrected chi connectivity index (χ4v) is 3.68. The molecule has 1 aliphatic carbocycles. The summed E-state index contributed by atoms with van der Waals surface area (Å²) in [5.74, 6) is -0.726. The van der Waals surface area contributed by atoms with Gasteiger partial charge in [0.2, 0.25) is 0 Å². The lowest BCUT2D eigenvalue weighted by molar-refractivity contribution is -0.384. The first-order chi connectivity index (χ1) is 14.3. The number of imide groups is 1. The molecule has 0 spiro atoms. The SMILES string of the molecule is C[C@]1(c2ccc([N+](=O)[O-])cc2)NC(=O)N(CN(Cc2ccc(F)cc2)C2CC2)C1=O. The molecule has 0 bridgehead atoms. The highest BCUT2D eigenvalue weighted by molar-refractivity contribution is 6.07. The van der Waals surface area contributed by atoms with Crippen LogP contribution in [0.4, 0.5) is 14.9 Å². The molecule has 1 saturated carbocycles. The summed E-state index contributed by atoms with van der Waals surface area (Å²) in [5, 5.41) is 13.6. The molecule has 4 rings (SSSR count). The van der Waals surface area contributed by atoms with Gasteiger partial charge in [-0.1, -0.05) is 12.1 Å². The Morgan fingerprint density at radius 3 is 2.37 bits per heavy atom. The molecule has 2 aromatic carbocycles. The highest BCUT2D eigenvalue weighted by Gasteiger charge is 2.50. The maximum atomic E-state index is 13.2. The number of halogens is 1. The van der Waals surface area contributed by atoms with Gasteiger partial charge in [0.1, 0.15) is 11.4 Å². The molecule has 0 radical (unpaired) electrons. The third kappa shape index (κ3) is 3.76. The molecular formula is C21H21FN4O4. The molecule has 2 fully saturated rings. The second-order valence-electron chi connectivity index (χ2n) is 7.84. The first kappa shape index (κ1) is 20.0. The zero-order valence-electron chi connectivity index (χ0n) is 16.4. The van der Waals surface area contributed by atoms with Gasteiger partial charge in [-0.15, -0.1) is 0 Å². The summed E-state index contributed by atoms with van der Waals surface area (Å²) in [6.45, 7) is 2.21. The Bertz CT molecular complexity index is 991. The minimum atomic E-state index is -1.29. The number of non-ortho nitro benzene ring substituents is 1. The average Bonchev–Trinajstić information content (AvgIpc) is 3.54. The second-order valence-corrected chi connectivity index (χ2v) is 7.84. The Kier molecular flexibility index (Phi) is 4.98. The fraction of sp³-hybridized carbons (Fsp3) is 0.333. The van der Waals surface area contributed by atoms with Gasteiger partial charge in [-0.05, 0) is 55.2 Å². The number of amides is 3. The van der Waals surface area contributed by atoms with E-state index in [-0.39, 0.29) is 24.2 Å². The van der Waals surface area contributed by atoms with Crippen LogP contribution in [0.15, 0.2) is 48.5 Å². The summed E-state index contributed by atoms with van der Waals surface area (Å²) >= 11 is 0. The van der Waals surface area contributed by atoms with Gasteiger partial charge in [0.15, 0.2) is 0 Å². The van der Waals surface area contributed by atoms with E-state index in [0.717, 1.165) is 18.4 Å². The summed E-state index contributed by atoms with van der Waals surface area (Å²) in [5.41, 5.74) is -0.00811. The van der Waals surface area contributed by atoms with Crippen LogP contribution in [0.25, 0.3) is 0 Å². The van der Waals surface area contributed by atoms with Crippen LogP contribution in [0.2, 0.25) is 0 Å². The normalized spacial score (nSPS) is 21.2. The molecule has 1 atom stereocenters. The molecule has 0 aromatic heterocycles. The Morgan fingerprint density at radius 2 is 1.80 bits per heavy atom. The molecular weight excluding hydrogens is 391 g/mol.